The van der Waals surface area contributed by atoms with Crippen LogP contribution >= 0.6 is 0 Å². The van der Waals surface area contributed by atoms with E-state index in [1.807, 2.05) is 0 Å². The summed E-state index contributed by atoms with van der Waals surface area (Å²) in [5.41, 5.74) is 0.295. The molecule has 2 aromatic rings. The van der Waals surface area contributed by atoms with Crippen molar-refractivity contribution in [3.8, 4) is 0 Å². The van der Waals surface area contributed by atoms with Gasteiger partial charge in [0.05, 0.1) is 11.3 Å². The predicted molar refractivity (Wildman–Crippen MR) is 59.1 cm³/mol. The zero-order valence-electron chi connectivity index (χ0n) is 9.16. The van der Waals surface area contributed by atoms with E-state index in [-0.39, 0.29) is 5.56 Å². The molecule has 1 heterocycles. The van der Waals surface area contributed by atoms with Crippen LogP contribution in [0.15, 0.2) is 41.2 Å². The van der Waals surface area contributed by atoms with E-state index in [9.17, 15) is 18.0 Å². The van der Waals surface area contributed by atoms with Crippen molar-refractivity contribution in [1.29, 1.82) is 0 Å². The number of nitrogens with zero attached hydrogens (tertiary/aromatic N) is 1. The van der Waals surface area contributed by atoms with E-state index in [4.69, 9.17) is 0 Å². The largest absolute Gasteiger partial charge is 0.416 e. The summed E-state index contributed by atoms with van der Waals surface area (Å²) in [6.07, 6.45) is -3.95. The van der Waals surface area contributed by atoms with Crippen LogP contribution in [-0.4, -0.2) is 10.2 Å². The normalized spacial score (nSPS) is 11.5. The van der Waals surface area contributed by atoms with E-state index < -0.39 is 11.7 Å². The molecule has 0 aliphatic carbocycles. The van der Waals surface area contributed by atoms with Crippen molar-refractivity contribution in [1.82, 2.24) is 10.2 Å². The molecule has 0 radical (unpaired) electrons. The van der Waals surface area contributed by atoms with E-state index in [0.29, 0.717) is 17.7 Å². The molecule has 1 aromatic heterocycles. The standard InChI is InChI=1S/C12H9F3N2O/c13-12(14,15)9-3-1-8(2-4-9)7-10-5-6-11(18)17-16-10/h1-6H,7H2,(H,17,18). The van der Waals surface area contributed by atoms with E-state index in [2.05, 4.69) is 10.2 Å². The number of hydrogen-bond acceptors (Lipinski definition) is 2. The molecule has 0 atom stereocenters. The van der Waals surface area contributed by atoms with Crippen molar-refractivity contribution in [3.05, 3.63) is 63.6 Å². The van der Waals surface area contributed by atoms with Gasteiger partial charge in [-0.15, -0.1) is 0 Å². The first-order valence-corrected chi connectivity index (χ1v) is 5.16. The van der Waals surface area contributed by atoms with Crippen LogP contribution in [0.25, 0.3) is 0 Å². The summed E-state index contributed by atoms with van der Waals surface area (Å²) < 4.78 is 37.0. The van der Waals surface area contributed by atoms with Crippen LogP contribution in [-0.2, 0) is 12.6 Å². The van der Waals surface area contributed by atoms with Crippen LogP contribution in [0.2, 0.25) is 0 Å². The van der Waals surface area contributed by atoms with Gasteiger partial charge in [-0.05, 0) is 23.8 Å². The molecule has 6 heteroatoms. The molecule has 0 saturated carbocycles. The second-order valence-corrected chi connectivity index (χ2v) is 3.78. The quantitative estimate of drug-likeness (QED) is 0.894. The number of H-pyrrole nitrogens is 1. The zero-order valence-corrected chi connectivity index (χ0v) is 9.16. The Hall–Kier alpha value is -2.11. The SMILES string of the molecule is O=c1ccc(Cc2ccc(C(F)(F)F)cc2)n[nH]1. The topological polar surface area (TPSA) is 45.8 Å². The maximum absolute atomic E-state index is 12.3. The van der Waals surface area contributed by atoms with Gasteiger partial charge in [0.2, 0.25) is 0 Å². The summed E-state index contributed by atoms with van der Waals surface area (Å²) in [5.74, 6) is 0. The van der Waals surface area contributed by atoms with E-state index in [1.54, 1.807) is 0 Å². The number of nitrogens with one attached hydrogen (secondary N) is 1. The summed E-state index contributed by atoms with van der Waals surface area (Å²) in [6, 6.07) is 7.72. The van der Waals surface area contributed by atoms with Gasteiger partial charge in [0.15, 0.2) is 0 Å². The molecule has 1 N–H and O–H groups in total. The third-order valence-corrected chi connectivity index (χ3v) is 2.40. The average Bonchev–Trinajstić information content (AvgIpc) is 2.32. The predicted octanol–water partition coefficient (Wildman–Crippen LogP) is 2.38. The first kappa shape index (κ1) is 12.3. The molecule has 0 unspecified atom stereocenters. The lowest BCUT2D eigenvalue weighted by Crippen LogP contribution is -2.08. The minimum absolute atomic E-state index is 0.314. The summed E-state index contributed by atoms with van der Waals surface area (Å²) in [6.45, 7) is 0. The minimum Gasteiger partial charge on any atom is -0.268 e. The molecular formula is C12H9F3N2O. The first-order valence-electron chi connectivity index (χ1n) is 5.16. The van der Waals surface area contributed by atoms with Gasteiger partial charge >= 0.3 is 6.18 Å². The number of rotatable bonds is 2. The third-order valence-electron chi connectivity index (χ3n) is 2.40. The number of halogens is 3. The van der Waals surface area contributed by atoms with Gasteiger partial charge in [-0.25, -0.2) is 5.10 Å². The molecule has 0 aliphatic rings. The number of aromatic amines is 1. The molecule has 0 saturated heterocycles. The van der Waals surface area contributed by atoms with Crippen molar-refractivity contribution in [2.75, 3.05) is 0 Å². The van der Waals surface area contributed by atoms with Gasteiger partial charge < -0.3 is 0 Å². The van der Waals surface area contributed by atoms with Crippen LogP contribution in [0.1, 0.15) is 16.8 Å². The van der Waals surface area contributed by atoms with Gasteiger partial charge in [-0.3, -0.25) is 4.79 Å². The Balaban J connectivity index is 2.16. The molecule has 0 amide bonds. The Kier molecular flexibility index (Phi) is 3.18. The molecule has 18 heavy (non-hydrogen) atoms. The summed E-state index contributed by atoms with van der Waals surface area (Å²) in [7, 11) is 0. The van der Waals surface area contributed by atoms with Crippen LogP contribution < -0.4 is 5.56 Å². The lowest BCUT2D eigenvalue weighted by atomic mass is 10.1. The van der Waals surface area contributed by atoms with E-state index in [1.165, 1.54) is 24.3 Å². The fourth-order valence-corrected chi connectivity index (χ4v) is 1.49. The van der Waals surface area contributed by atoms with Gasteiger partial charge in [0, 0.05) is 12.5 Å². The van der Waals surface area contributed by atoms with Gasteiger partial charge in [0.1, 0.15) is 0 Å². The van der Waals surface area contributed by atoms with Crippen LogP contribution in [0.3, 0.4) is 0 Å². The Morgan fingerprint density at radius 2 is 1.72 bits per heavy atom. The molecule has 2 rings (SSSR count). The highest BCUT2D eigenvalue weighted by Gasteiger charge is 2.29. The highest BCUT2D eigenvalue weighted by atomic mass is 19.4. The summed E-state index contributed by atoms with van der Waals surface area (Å²) in [4.78, 5) is 10.8. The monoisotopic (exact) mass is 254 g/mol. The van der Waals surface area contributed by atoms with E-state index in [0.717, 1.165) is 12.1 Å². The van der Waals surface area contributed by atoms with Crippen LogP contribution in [0.4, 0.5) is 13.2 Å². The smallest absolute Gasteiger partial charge is 0.268 e. The number of hydrogen-bond donors (Lipinski definition) is 1. The highest BCUT2D eigenvalue weighted by molar-refractivity contribution is 5.27. The van der Waals surface area contributed by atoms with Crippen molar-refractivity contribution < 1.29 is 13.2 Å². The first-order chi connectivity index (χ1) is 8.45. The fraction of sp³-hybridized carbons (Fsp3) is 0.167. The lowest BCUT2D eigenvalue weighted by Gasteiger charge is -2.07. The lowest BCUT2D eigenvalue weighted by molar-refractivity contribution is -0.137. The number of alkyl halides is 3. The maximum Gasteiger partial charge on any atom is 0.416 e. The molecule has 0 aliphatic heterocycles. The molecule has 1 aromatic carbocycles. The number of aromatic nitrogens is 2. The van der Waals surface area contributed by atoms with E-state index >= 15 is 0 Å². The average molecular weight is 254 g/mol. The Morgan fingerprint density at radius 1 is 1.06 bits per heavy atom. The van der Waals surface area contributed by atoms with Gasteiger partial charge in [-0.1, -0.05) is 12.1 Å². The van der Waals surface area contributed by atoms with Crippen molar-refractivity contribution in [3.63, 3.8) is 0 Å². The molecule has 94 valence electrons. The number of benzene rings is 1. The molecule has 0 bridgehead atoms. The highest BCUT2D eigenvalue weighted by Crippen LogP contribution is 2.29. The van der Waals surface area contributed by atoms with Crippen molar-refractivity contribution in [2.45, 2.75) is 12.6 Å². The molecule has 0 fully saturated rings. The second-order valence-electron chi connectivity index (χ2n) is 3.78. The Bertz CT molecular complexity index is 567. The van der Waals surface area contributed by atoms with Crippen molar-refractivity contribution >= 4 is 0 Å². The molecule has 0 spiro atoms. The second kappa shape index (κ2) is 4.64. The maximum atomic E-state index is 12.3. The summed E-state index contributed by atoms with van der Waals surface area (Å²) >= 11 is 0. The zero-order chi connectivity index (χ0) is 13.2. The Labute approximate surface area is 100 Å². The molecular weight excluding hydrogens is 245 g/mol. The van der Waals surface area contributed by atoms with Gasteiger partial charge in [-0.2, -0.15) is 18.3 Å². The minimum atomic E-state index is -4.32. The Morgan fingerprint density at radius 3 is 2.22 bits per heavy atom. The van der Waals surface area contributed by atoms with Crippen LogP contribution in [0, 0.1) is 0 Å². The molecule has 3 nitrogen and oxygen atoms in total. The van der Waals surface area contributed by atoms with Gasteiger partial charge in [0.25, 0.3) is 5.56 Å². The van der Waals surface area contributed by atoms with Crippen LogP contribution in [0.5, 0.6) is 0 Å². The third kappa shape index (κ3) is 2.97. The van der Waals surface area contributed by atoms with Crippen molar-refractivity contribution in [2.24, 2.45) is 0 Å². The fourth-order valence-electron chi connectivity index (χ4n) is 1.49. The summed E-state index contributed by atoms with van der Waals surface area (Å²) in [5, 5.41) is 6.06.